The SMILES string of the molecule is COC(=O)CC(NC(=O)c1cn(CCCc2ccc3c(n2)CCCC3)nc1COC(C)(C)C)c1cc(Cl)cc(Cl)c1. The average Bonchev–Trinajstić information content (AvgIpc) is 3.33. The third-order valence-corrected chi connectivity index (χ3v) is 7.41. The second-order valence-electron chi connectivity index (χ2n) is 11.4. The zero-order valence-corrected chi connectivity index (χ0v) is 25.6. The number of methoxy groups -OCH3 is 1. The number of ether oxygens (including phenoxy) is 2. The summed E-state index contributed by atoms with van der Waals surface area (Å²) in [7, 11) is 1.30. The van der Waals surface area contributed by atoms with Gasteiger partial charge in [0.1, 0.15) is 5.69 Å². The Morgan fingerprint density at radius 3 is 2.54 bits per heavy atom. The van der Waals surface area contributed by atoms with Gasteiger partial charge in [0.05, 0.1) is 37.3 Å². The molecule has 0 radical (unpaired) electrons. The molecule has 0 bridgehead atoms. The van der Waals surface area contributed by atoms with Gasteiger partial charge in [-0.25, -0.2) is 0 Å². The van der Waals surface area contributed by atoms with E-state index in [1.54, 1.807) is 29.1 Å². The van der Waals surface area contributed by atoms with Gasteiger partial charge in [-0.3, -0.25) is 19.3 Å². The molecule has 1 unspecified atom stereocenters. The van der Waals surface area contributed by atoms with Gasteiger partial charge in [-0.05, 0) is 94.7 Å². The number of aryl methyl sites for hydroxylation is 4. The molecule has 2 heterocycles. The van der Waals surface area contributed by atoms with Crippen LogP contribution in [0.3, 0.4) is 0 Å². The number of esters is 1. The van der Waals surface area contributed by atoms with Crippen LogP contribution in [0.15, 0.2) is 36.5 Å². The highest BCUT2D eigenvalue weighted by Gasteiger charge is 2.25. The summed E-state index contributed by atoms with van der Waals surface area (Å²) in [6, 6.07) is 8.56. The van der Waals surface area contributed by atoms with Crippen LogP contribution in [-0.2, 0) is 46.7 Å². The van der Waals surface area contributed by atoms with E-state index in [9.17, 15) is 9.59 Å². The van der Waals surface area contributed by atoms with Crippen molar-refractivity contribution in [3.8, 4) is 0 Å². The summed E-state index contributed by atoms with van der Waals surface area (Å²) in [5.41, 5.74) is 4.76. The largest absolute Gasteiger partial charge is 0.469 e. The first-order chi connectivity index (χ1) is 19.5. The molecular formula is C31H38Cl2N4O4. The van der Waals surface area contributed by atoms with Crippen LogP contribution in [0.25, 0.3) is 0 Å². The summed E-state index contributed by atoms with van der Waals surface area (Å²) in [4.78, 5) is 30.7. The average molecular weight is 602 g/mol. The fourth-order valence-electron chi connectivity index (χ4n) is 4.86. The molecule has 1 aliphatic carbocycles. The van der Waals surface area contributed by atoms with Crippen molar-refractivity contribution in [1.82, 2.24) is 20.1 Å². The molecule has 0 saturated heterocycles. The van der Waals surface area contributed by atoms with Gasteiger partial charge in [0.15, 0.2) is 0 Å². The first-order valence-corrected chi connectivity index (χ1v) is 14.8. The lowest BCUT2D eigenvalue weighted by Crippen LogP contribution is -2.31. The van der Waals surface area contributed by atoms with Crippen LogP contribution < -0.4 is 5.32 Å². The van der Waals surface area contributed by atoms with Gasteiger partial charge in [0, 0.05) is 34.2 Å². The number of nitrogens with one attached hydrogen (secondary N) is 1. The molecule has 2 aromatic heterocycles. The number of hydrogen-bond acceptors (Lipinski definition) is 6. The fraction of sp³-hybridized carbons (Fsp3) is 0.484. The van der Waals surface area contributed by atoms with Crippen LogP contribution in [0.2, 0.25) is 10.0 Å². The molecule has 41 heavy (non-hydrogen) atoms. The Morgan fingerprint density at radius 2 is 1.83 bits per heavy atom. The number of hydrogen-bond donors (Lipinski definition) is 1. The Balaban J connectivity index is 1.51. The van der Waals surface area contributed by atoms with Crippen LogP contribution in [0.4, 0.5) is 0 Å². The fourth-order valence-corrected chi connectivity index (χ4v) is 5.40. The molecule has 1 aromatic carbocycles. The molecule has 0 fully saturated rings. The third-order valence-electron chi connectivity index (χ3n) is 6.97. The highest BCUT2D eigenvalue weighted by molar-refractivity contribution is 6.34. The molecule has 10 heteroatoms. The zero-order valence-electron chi connectivity index (χ0n) is 24.1. The Kier molecular flexibility index (Phi) is 10.4. The van der Waals surface area contributed by atoms with E-state index < -0.39 is 17.6 Å². The van der Waals surface area contributed by atoms with Gasteiger partial charge < -0.3 is 14.8 Å². The van der Waals surface area contributed by atoms with Crippen molar-refractivity contribution in [3.63, 3.8) is 0 Å². The number of rotatable bonds is 11. The summed E-state index contributed by atoms with van der Waals surface area (Å²) in [5.74, 6) is -0.862. The summed E-state index contributed by atoms with van der Waals surface area (Å²) >= 11 is 12.4. The molecule has 1 aliphatic rings. The zero-order chi connectivity index (χ0) is 29.6. The monoisotopic (exact) mass is 600 g/mol. The number of carbonyl (C=O) groups excluding carboxylic acids is 2. The van der Waals surface area contributed by atoms with Crippen molar-refractivity contribution in [2.45, 2.75) is 90.5 Å². The maximum Gasteiger partial charge on any atom is 0.307 e. The van der Waals surface area contributed by atoms with E-state index in [1.165, 1.54) is 31.2 Å². The van der Waals surface area contributed by atoms with E-state index in [4.69, 9.17) is 42.8 Å². The van der Waals surface area contributed by atoms with Crippen LogP contribution >= 0.6 is 23.2 Å². The number of aromatic nitrogens is 3. The number of halogens is 2. The number of benzene rings is 1. The minimum Gasteiger partial charge on any atom is -0.469 e. The molecule has 4 rings (SSSR count). The molecule has 1 N–H and O–H groups in total. The highest BCUT2D eigenvalue weighted by Crippen LogP contribution is 2.27. The van der Waals surface area contributed by atoms with Crippen molar-refractivity contribution < 1.29 is 19.1 Å². The second-order valence-corrected chi connectivity index (χ2v) is 12.3. The minimum absolute atomic E-state index is 0.0886. The van der Waals surface area contributed by atoms with E-state index in [0.717, 1.165) is 31.4 Å². The van der Waals surface area contributed by atoms with Crippen LogP contribution in [0.5, 0.6) is 0 Å². The standard InChI is InChI=1S/C31H38Cl2N4O4/c1-31(2,3)41-19-28-25(30(39)35-27(17-29(38)40-4)21-14-22(32)16-23(33)15-21)18-37(36-28)13-7-9-24-12-11-20-8-5-6-10-26(20)34-24/h11-12,14-16,18,27H,5-10,13,17,19H2,1-4H3,(H,35,39). The maximum absolute atomic E-state index is 13.6. The summed E-state index contributed by atoms with van der Waals surface area (Å²) in [5, 5.41) is 8.45. The predicted octanol–water partition coefficient (Wildman–Crippen LogP) is 6.45. The number of amides is 1. The van der Waals surface area contributed by atoms with E-state index in [-0.39, 0.29) is 18.9 Å². The van der Waals surface area contributed by atoms with Gasteiger partial charge in [-0.1, -0.05) is 29.3 Å². The number of nitrogens with zero attached hydrogens (tertiary/aromatic N) is 3. The van der Waals surface area contributed by atoms with Crippen molar-refractivity contribution in [2.24, 2.45) is 0 Å². The summed E-state index contributed by atoms with van der Waals surface area (Å²) < 4.78 is 12.6. The molecule has 220 valence electrons. The van der Waals surface area contributed by atoms with Gasteiger partial charge in [0.2, 0.25) is 0 Å². The summed E-state index contributed by atoms with van der Waals surface area (Å²) in [6.45, 7) is 6.63. The van der Waals surface area contributed by atoms with Crippen molar-refractivity contribution in [3.05, 3.63) is 80.3 Å². The molecule has 1 amide bonds. The van der Waals surface area contributed by atoms with E-state index in [1.807, 2.05) is 20.8 Å². The van der Waals surface area contributed by atoms with Crippen molar-refractivity contribution in [1.29, 1.82) is 0 Å². The number of fused-ring (bicyclic) bond motifs is 1. The third kappa shape index (κ3) is 9.02. The minimum atomic E-state index is -0.707. The van der Waals surface area contributed by atoms with Crippen LogP contribution in [0, 0.1) is 0 Å². The highest BCUT2D eigenvalue weighted by atomic mass is 35.5. The van der Waals surface area contributed by atoms with E-state index >= 15 is 0 Å². The first kappa shape index (κ1) is 31.0. The maximum atomic E-state index is 13.6. The molecule has 0 aliphatic heterocycles. The normalized spacial score (nSPS) is 13.9. The van der Waals surface area contributed by atoms with Crippen molar-refractivity contribution in [2.75, 3.05) is 7.11 Å². The lowest BCUT2D eigenvalue weighted by atomic mass is 9.95. The number of carbonyl (C=O) groups is 2. The van der Waals surface area contributed by atoms with Crippen LogP contribution in [-0.4, -0.2) is 39.4 Å². The summed E-state index contributed by atoms with van der Waals surface area (Å²) in [6.07, 6.45) is 7.89. The van der Waals surface area contributed by atoms with Crippen molar-refractivity contribution >= 4 is 35.1 Å². The van der Waals surface area contributed by atoms with Gasteiger partial charge >= 0.3 is 5.97 Å². The smallest absolute Gasteiger partial charge is 0.307 e. The molecule has 3 aromatic rings. The Morgan fingerprint density at radius 1 is 1.10 bits per heavy atom. The number of pyridine rings is 1. The van der Waals surface area contributed by atoms with Gasteiger partial charge in [-0.2, -0.15) is 5.10 Å². The Hall–Kier alpha value is -2.94. The topological polar surface area (TPSA) is 95.3 Å². The first-order valence-electron chi connectivity index (χ1n) is 14.0. The molecular weight excluding hydrogens is 563 g/mol. The molecule has 0 saturated carbocycles. The van der Waals surface area contributed by atoms with Gasteiger partial charge in [-0.15, -0.1) is 0 Å². The van der Waals surface area contributed by atoms with E-state index in [2.05, 4.69) is 17.4 Å². The van der Waals surface area contributed by atoms with E-state index in [0.29, 0.717) is 33.4 Å². The molecule has 8 nitrogen and oxygen atoms in total. The quantitative estimate of drug-likeness (QED) is 0.254. The van der Waals surface area contributed by atoms with Gasteiger partial charge in [0.25, 0.3) is 5.91 Å². The Bertz CT molecular complexity index is 1360. The lowest BCUT2D eigenvalue weighted by molar-refractivity contribution is -0.141. The predicted molar refractivity (Wildman–Crippen MR) is 159 cm³/mol. The molecule has 0 spiro atoms. The second kappa shape index (κ2) is 13.8. The Labute approximate surface area is 251 Å². The van der Waals surface area contributed by atoms with Crippen LogP contribution in [0.1, 0.15) is 91.1 Å². The lowest BCUT2D eigenvalue weighted by Gasteiger charge is -2.20. The molecule has 1 atom stereocenters.